The highest BCUT2D eigenvalue weighted by atomic mass is 35.5. The van der Waals surface area contributed by atoms with Crippen LogP contribution in [0.1, 0.15) is 12.0 Å². The van der Waals surface area contributed by atoms with Crippen molar-refractivity contribution in [2.45, 2.75) is 23.9 Å². The largest absolute Gasteiger partial charge is 0.496 e. The normalized spacial score (nSPS) is 16.7. The number of ether oxygens (including phenoxy) is 1. The Morgan fingerprint density at radius 1 is 1.36 bits per heavy atom. The van der Waals surface area contributed by atoms with E-state index < -0.39 is 20.7 Å². The van der Waals surface area contributed by atoms with Crippen molar-refractivity contribution in [1.29, 1.82) is 0 Å². The molecule has 1 aliphatic rings. The minimum absolute atomic E-state index is 0.104. The third kappa shape index (κ3) is 5.24. The SMILES string of the molecule is COc1ccccc1CN1CCC(N(C)c2cc(F)c(S(=O)(=O)Nc3cscn3)cc2Cl)C1. The van der Waals surface area contributed by atoms with Gasteiger partial charge in [0.2, 0.25) is 0 Å². The van der Waals surface area contributed by atoms with Crippen LogP contribution in [0.3, 0.4) is 0 Å². The molecule has 1 atom stereocenters. The van der Waals surface area contributed by atoms with E-state index in [4.69, 9.17) is 16.3 Å². The number of anilines is 2. The zero-order valence-electron chi connectivity index (χ0n) is 18.2. The third-order valence-corrected chi connectivity index (χ3v) is 7.98. The van der Waals surface area contributed by atoms with E-state index in [0.29, 0.717) is 5.69 Å². The Hall–Kier alpha value is -2.40. The first-order chi connectivity index (χ1) is 15.8. The summed E-state index contributed by atoms with van der Waals surface area (Å²) in [5, 5.41) is 1.69. The summed E-state index contributed by atoms with van der Waals surface area (Å²) >= 11 is 7.65. The zero-order chi connectivity index (χ0) is 23.6. The molecular formula is C22H24ClFN4O3S2. The molecule has 3 aromatic rings. The lowest BCUT2D eigenvalue weighted by Gasteiger charge is -2.28. The quantitative estimate of drug-likeness (QED) is 0.482. The number of likely N-dealkylation sites (tertiary alicyclic amines) is 1. The van der Waals surface area contributed by atoms with Gasteiger partial charge in [-0.2, -0.15) is 0 Å². The second-order valence-corrected chi connectivity index (χ2v) is 10.6. The maximum atomic E-state index is 14.9. The summed E-state index contributed by atoms with van der Waals surface area (Å²) in [5.74, 6) is 0.119. The number of likely N-dealkylation sites (N-methyl/N-ethyl adjacent to an activating group) is 1. The summed E-state index contributed by atoms with van der Waals surface area (Å²) in [6.07, 6.45) is 0.870. The Labute approximate surface area is 201 Å². The molecule has 1 fully saturated rings. The van der Waals surface area contributed by atoms with Gasteiger partial charge in [-0.05, 0) is 18.6 Å². The van der Waals surface area contributed by atoms with Crippen LogP contribution in [-0.2, 0) is 16.6 Å². The first-order valence-electron chi connectivity index (χ1n) is 10.3. The van der Waals surface area contributed by atoms with Crippen molar-refractivity contribution in [3.63, 3.8) is 0 Å². The Bertz CT molecular complexity index is 1220. The number of thiazole rings is 1. The minimum atomic E-state index is -4.15. The predicted octanol–water partition coefficient (Wildman–Crippen LogP) is 4.46. The minimum Gasteiger partial charge on any atom is -0.496 e. The Morgan fingerprint density at radius 2 is 2.15 bits per heavy atom. The molecule has 0 aliphatic carbocycles. The van der Waals surface area contributed by atoms with E-state index in [1.807, 2.05) is 36.2 Å². The summed E-state index contributed by atoms with van der Waals surface area (Å²) < 4.78 is 47.8. The number of hydrogen-bond donors (Lipinski definition) is 1. The van der Waals surface area contributed by atoms with E-state index in [1.165, 1.54) is 28.3 Å². The third-order valence-electron chi connectivity index (χ3n) is 5.72. The molecule has 176 valence electrons. The van der Waals surface area contributed by atoms with Crippen LogP contribution in [0.15, 0.2) is 52.2 Å². The standard InChI is InChI=1S/C22H24ClFN4O3S2/c1-27(16-7-8-28(12-16)11-15-5-3-4-6-20(15)31-2)19-10-18(24)21(9-17(19)23)33(29,30)26-22-13-32-14-25-22/h3-6,9-10,13-14,16,26H,7-8,11-12H2,1-2H3. The van der Waals surface area contributed by atoms with Gasteiger partial charge in [0.05, 0.1) is 23.3 Å². The lowest BCUT2D eigenvalue weighted by molar-refractivity contribution is 0.316. The van der Waals surface area contributed by atoms with E-state index in [9.17, 15) is 12.8 Å². The van der Waals surface area contributed by atoms with Crippen molar-refractivity contribution < 1.29 is 17.5 Å². The first kappa shape index (κ1) is 23.7. The van der Waals surface area contributed by atoms with Gasteiger partial charge in [-0.25, -0.2) is 17.8 Å². The first-order valence-corrected chi connectivity index (χ1v) is 13.1. The van der Waals surface area contributed by atoms with E-state index >= 15 is 0 Å². The van der Waals surface area contributed by atoms with Crippen molar-refractivity contribution in [3.05, 3.63) is 63.7 Å². The summed E-state index contributed by atoms with van der Waals surface area (Å²) in [4.78, 5) is 7.58. The van der Waals surface area contributed by atoms with Gasteiger partial charge >= 0.3 is 0 Å². The van der Waals surface area contributed by atoms with E-state index in [0.717, 1.165) is 43.4 Å². The Balaban J connectivity index is 1.48. The number of methoxy groups -OCH3 is 1. The number of aromatic nitrogens is 1. The Kier molecular flexibility index (Phi) is 7.08. The smallest absolute Gasteiger partial charge is 0.266 e. The molecule has 1 N–H and O–H groups in total. The second kappa shape index (κ2) is 9.84. The van der Waals surface area contributed by atoms with Crippen molar-refractivity contribution in [2.24, 2.45) is 0 Å². The number of para-hydroxylation sites is 1. The molecule has 11 heteroatoms. The molecule has 1 saturated heterocycles. The molecule has 33 heavy (non-hydrogen) atoms. The van der Waals surface area contributed by atoms with E-state index in [-0.39, 0.29) is 16.9 Å². The maximum Gasteiger partial charge on any atom is 0.266 e. The van der Waals surface area contributed by atoms with Crippen LogP contribution in [-0.4, -0.2) is 51.6 Å². The fourth-order valence-corrected chi connectivity index (χ4v) is 6.00. The highest BCUT2D eigenvalue weighted by Crippen LogP contribution is 2.34. The van der Waals surface area contributed by atoms with E-state index in [2.05, 4.69) is 14.6 Å². The molecule has 0 bridgehead atoms. The number of nitrogens with one attached hydrogen (secondary N) is 1. The summed E-state index contributed by atoms with van der Waals surface area (Å²) in [5.41, 5.74) is 3.04. The fourth-order valence-electron chi connectivity index (χ4n) is 3.99. The van der Waals surface area contributed by atoms with Gasteiger partial charge in [-0.1, -0.05) is 29.8 Å². The van der Waals surface area contributed by atoms with Crippen LogP contribution in [0.4, 0.5) is 15.9 Å². The van der Waals surface area contributed by atoms with Crippen molar-refractivity contribution in [2.75, 3.05) is 36.9 Å². The van der Waals surface area contributed by atoms with Gasteiger partial charge in [0.25, 0.3) is 10.0 Å². The summed E-state index contributed by atoms with van der Waals surface area (Å²) in [6.45, 7) is 2.38. The molecular weight excluding hydrogens is 487 g/mol. The number of sulfonamides is 1. The molecule has 0 amide bonds. The number of halogens is 2. The number of hydrogen-bond acceptors (Lipinski definition) is 7. The molecule has 0 radical (unpaired) electrons. The highest BCUT2D eigenvalue weighted by Gasteiger charge is 2.29. The summed E-state index contributed by atoms with van der Waals surface area (Å²) in [7, 11) is -0.646. The molecule has 4 rings (SSSR count). The highest BCUT2D eigenvalue weighted by molar-refractivity contribution is 7.92. The van der Waals surface area contributed by atoms with Gasteiger partial charge in [0.15, 0.2) is 5.82 Å². The molecule has 1 aliphatic heterocycles. The van der Waals surface area contributed by atoms with Crippen LogP contribution in [0.2, 0.25) is 5.02 Å². The lowest BCUT2D eigenvalue weighted by atomic mass is 10.2. The summed E-state index contributed by atoms with van der Waals surface area (Å²) in [6, 6.07) is 10.3. The fraction of sp³-hybridized carbons (Fsp3) is 0.318. The monoisotopic (exact) mass is 510 g/mol. The van der Waals surface area contributed by atoms with Gasteiger partial charge < -0.3 is 9.64 Å². The molecule has 0 spiro atoms. The van der Waals surface area contributed by atoms with Crippen LogP contribution in [0.5, 0.6) is 5.75 Å². The molecule has 2 heterocycles. The molecule has 7 nitrogen and oxygen atoms in total. The Morgan fingerprint density at radius 3 is 2.88 bits per heavy atom. The average Bonchev–Trinajstić information content (AvgIpc) is 3.47. The second-order valence-electron chi connectivity index (χ2n) is 7.81. The number of nitrogens with zero attached hydrogens (tertiary/aromatic N) is 3. The van der Waals surface area contributed by atoms with Crippen molar-refractivity contribution in [1.82, 2.24) is 9.88 Å². The molecule has 1 aromatic heterocycles. The van der Waals surface area contributed by atoms with Crippen LogP contribution < -0.4 is 14.4 Å². The zero-order valence-corrected chi connectivity index (χ0v) is 20.6. The number of rotatable bonds is 8. The lowest BCUT2D eigenvalue weighted by Crippen LogP contribution is -2.34. The molecule has 0 saturated carbocycles. The average molecular weight is 511 g/mol. The number of benzene rings is 2. The van der Waals surface area contributed by atoms with Crippen LogP contribution in [0, 0.1) is 5.82 Å². The van der Waals surface area contributed by atoms with Crippen LogP contribution >= 0.6 is 22.9 Å². The van der Waals surface area contributed by atoms with Gasteiger partial charge in [-0.15, -0.1) is 11.3 Å². The van der Waals surface area contributed by atoms with E-state index in [1.54, 1.807) is 7.11 Å². The topological polar surface area (TPSA) is 74.8 Å². The van der Waals surface area contributed by atoms with Gasteiger partial charge in [0.1, 0.15) is 16.5 Å². The van der Waals surface area contributed by atoms with Gasteiger partial charge in [-0.3, -0.25) is 9.62 Å². The maximum absolute atomic E-state index is 14.9. The van der Waals surface area contributed by atoms with Crippen LogP contribution in [0.25, 0.3) is 0 Å². The van der Waals surface area contributed by atoms with Crippen molar-refractivity contribution >= 4 is 44.5 Å². The molecule has 2 aromatic carbocycles. The predicted molar refractivity (Wildman–Crippen MR) is 129 cm³/mol. The molecule has 1 unspecified atom stereocenters. The van der Waals surface area contributed by atoms with Crippen molar-refractivity contribution in [3.8, 4) is 5.75 Å². The van der Waals surface area contributed by atoms with Gasteiger partial charge in [0, 0.05) is 49.7 Å².